The van der Waals surface area contributed by atoms with E-state index in [0.717, 1.165) is 5.56 Å². The number of carbonyl (C=O) groups excluding carboxylic acids is 1. The van der Waals surface area contributed by atoms with Gasteiger partial charge in [-0.1, -0.05) is 18.2 Å². The number of anilines is 1. The van der Waals surface area contributed by atoms with Crippen molar-refractivity contribution in [3.63, 3.8) is 0 Å². The lowest BCUT2D eigenvalue weighted by molar-refractivity contribution is 0.0946. The minimum absolute atomic E-state index is 0.0232. The lowest BCUT2D eigenvalue weighted by Gasteiger charge is -2.06. The molecule has 1 amide bonds. The quantitative estimate of drug-likeness (QED) is 0.745. The molecule has 2 aromatic rings. The Bertz CT molecular complexity index is 757. The van der Waals surface area contributed by atoms with Crippen LogP contribution >= 0.6 is 0 Å². The van der Waals surface area contributed by atoms with Crippen LogP contribution in [0.15, 0.2) is 47.4 Å². The van der Waals surface area contributed by atoms with Crippen LogP contribution in [0.2, 0.25) is 0 Å². The van der Waals surface area contributed by atoms with E-state index in [0.29, 0.717) is 0 Å². The SMILES string of the molecule is Nc1cccc(C(=O)NCc2ccc(S(N)(=O)=O)cc2)n1. The van der Waals surface area contributed by atoms with E-state index in [1.807, 2.05) is 0 Å². The maximum Gasteiger partial charge on any atom is 0.270 e. The van der Waals surface area contributed by atoms with Crippen molar-refractivity contribution in [2.45, 2.75) is 11.4 Å². The van der Waals surface area contributed by atoms with E-state index < -0.39 is 10.0 Å². The molecule has 0 atom stereocenters. The summed E-state index contributed by atoms with van der Waals surface area (Å²) in [6.45, 7) is 0.236. The number of nitrogen functional groups attached to an aromatic ring is 1. The van der Waals surface area contributed by atoms with Crippen molar-refractivity contribution in [3.8, 4) is 0 Å². The lowest BCUT2D eigenvalue weighted by Crippen LogP contribution is -2.24. The first kappa shape index (κ1) is 14.9. The molecule has 0 saturated carbocycles. The van der Waals surface area contributed by atoms with Crippen LogP contribution in [0.1, 0.15) is 16.1 Å². The number of sulfonamides is 1. The first-order chi connectivity index (χ1) is 9.86. The molecule has 0 unspecified atom stereocenters. The van der Waals surface area contributed by atoms with Gasteiger partial charge in [-0.3, -0.25) is 4.79 Å². The predicted molar refractivity (Wildman–Crippen MR) is 77.6 cm³/mol. The molecule has 8 heteroatoms. The van der Waals surface area contributed by atoms with Crippen molar-refractivity contribution < 1.29 is 13.2 Å². The van der Waals surface area contributed by atoms with Crippen molar-refractivity contribution >= 4 is 21.7 Å². The van der Waals surface area contributed by atoms with Crippen molar-refractivity contribution in [2.24, 2.45) is 5.14 Å². The molecule has 0 aliphatic carbocycles. The van der Waals surface area contributed by atoms with Gasteiger partial charge in [0.25, 0.3) is 5.91 Å². The summed E-state index contributed by atoms with van der Waals surface area (Å²) >= 11 is 0. The summed E-state index contributed by atoms with van der Waals surface area (Å²) in [4.78, 5) is 15.8. The summed E-state index contributed by atoms with van der Waals surface area (Å²) in [6, 6.07) is 10.7. The van der Waals surface area contributed by atoms with E-state index in [1.165, 1.54) is 12.1 Å². The first-order valence-electron chi connectivity index (χ1n) is 5.99. The van der Waals surface area contributed by atoms with E-state index in [4.69, 9.17) is 10.9 Å². The van der Waals surface area contributed by atoms with E-state index in [2.05, 4.69) is 10.3 Å². The zero-order chi connectivity index (χ0) is 15.5. The molecule has 1 heterocycles. The van der Waals surface area contributed by atoms with Crippen LogP contribution in [0.5, 0.6) is 0 Å². The van der Waals surface area contributed by atoms with Gasteiger partial charge in [-0.2, -0.15) is 0 Å². The Morgan fingerprint density at radius 1 is 1.14 bits per heavy atom. The van der Waals surface area contributed by atoms with Gasteiger partial charge in [0.1, 0.15) is 11.5 Å². The second-order valence-corrected chi connectivity index (χ2v) is 5.88. The first-order valence-corrected chi connectivity index (χ1v) is 7.53. The molecule has 1 aromatic heterocycles. The molecule has 0 spiro atoms. The number of nitrogens with zero attached hydrogens (tertiary/aromatic N) is 1. The summed E-state index contributed by atoms with van der Waals surface area (Å²) in [6.07, 6.45) is 0. The van der Waals surface area contributed by atoms with E-state index >= 15 is 0 Å². The van der Waals surface area contributed by atoms with Crippen LogP contribution in [0.3, 0.4) is 0 Å². The van der Waals surface area contributed by atoms with Crippen LogP contribution in [-0.4, -0.2) is 19.3 Å². The highest BCUT2D eigenvalue weighted by molar-refractivity contribution is 7.89. The largest absolute Gasteiger partial charge is 0.384 e. The smallest absolute Gasteiger partial charge is 0.270 e. The maximum atomic E-state index is 11.9. The number of nitrogens with one attached hydrogen (secondary N) is 1. The summed E-state index contributed by atoms with van der Waals surface area (Å²) in [5, 5.41) is 7.66. The third kappa shape index (κ3) is 4.01. The highest BCUT2D eigenvalue weighted by Crippen LogP contribution is 2.09. The maximum absolute atomic E-state index is 11.9. The van der Waals surface area contributed by atoms with Crippen LogP contribution in [0.4, 0.5) is 5.82 Å². The standard InChI is InChI=1S/C13H14N4O3S/c14-12-3-1-2-11(17-12)13(18)16-8-9-4-6-10(7-5-9)21(15,19)20/h1-7H,8H2,(H2,14,17)(H,16,18)(H2,15,19,20). The van der Waals surface area contributed by atoms with Crippen molar-refractivity contribution in [2.75, 3.05) is 5.73 Å². The molecule has 0 aliphatic rings. The number of pyridine rings is 1. The summed E-state index contributed by atoms with van der Waals surface area (Å²) in [5.41, 5.74) is 6.46. The van der Waals surface area contributed by atoms with Gasteiger partial charge < -0.3 is 11.1 Å². The zero-order valence-electron chi connectivity index (χ0n) is 11.0. The minimum atomic E-state index is -3.71. The Morgan fingerprint density at radius 3 is 2.38 bits per heavy atom. The number of aromatic nitrogens is 1. The second kappa shape index (κ2) is 5.90. The van der Waals surface area contributed by atoms with Gasteiger partial charge in [-0.05, 0) is 29.8 Å². The van der Waals surface area contributed by atoms with Crippen molar-refractivity contribution in [1.29, 1.82) is 0 Å². The molecular formula is C13H14N4O3S. The Balaban J connectivity index is 2.02. The molecule has 0 bridgehead atoms. The molecule has 5 N–H and O–H groups in total. The van der Waals surface area contributed by atoms with Crippen LogP contribution in [-0.2, 0) is 16.6 Å². The normalized spacial score (nSPS) is 11.1. The van der Waals surface area contributed by atoms with Crippen molar-refractivity contribution in [1.82, 2.24) is 10.3 Å². The second-order valence-electron chi connectivity index (χ2n) is 4.32. The molecule has 21 heavy (non-hydrogen) atoms. The monoisotopic (exact) mass is 306 g/mol. The Hall–Kier alpha value is -2.45. The Morgan fingerprint density at radius 2 is 1.81 bits per heavy atom. The molecular weight excluding hydrogens is 292 g/mol. The van der Waals surface area contributed by atoms with Gasteiger partial charge >= 0.3 is 0 Å². The fraction of sp³-hybridized carbons (Fsp3) is 0.0769. The molecule has 7 nitrogen and oxygen atoms in total. The number of benzene rings is 1. The number of hydrogen-bond acceptors (Lipinski definition) is 5. The van der Waals surface area contributed by atoms with Gasteiger partial charge in [0.2, 0.25) is 10.0 Å². The van der Waals surface area contributed by atoms with Gasteiger partial charge in [0.05, 0.1) is 4.90 Å². The van der Waals surface area contributed by atoms with Crippen LogP contribution in [0.25, 0.3) is 0 Å². The van der Waals surface area contributed by atoms with Crippen LogP contribution in [0, 0.1) is 0 Å². The molecule has 0 aliphatic heterocycles. The fourth-order valence-electron chi connectivity index (χ4n) is 1.65. The van der Waals surface area contributed by atoms with Crippen LogP contribution < -0.4 is 16.2 Å². The lowest BCUT2D eigenvalue weighted by atomic mass is 10.2. The summed E-state index contributed by atoms with van der Waals surface area (Å²) < 4.78 is 22.2. The predicted octanol–water partition coefficient (Wildman–Crippen LogP) is 0.241. The van der Waals surface area contributed by atoms with Gasteiger partial charge in [0, 0.05) is 6.54 Å². The molecule has 1 aromatic carbocycles. The van der Waals surface area contributed by atoms with Gasteiger partial charge in [-0.15, -0.1) is 0 Å². The number of primary sulfonamides is 1. The van der Waals surface area contributed by atoms with Gasteiger partial charge in [-0.25, -0.2) is 18.5 Å². The highest BCUT2D eigenvalue weighted by atomic mass is 32.2. The number of nitrogens with two attached hydrogens (primary N) is 2. The minimum Gasteiger partial charge on any atom is -0.384 e. The number of hydrogen-bond donors (Lipinski definition) is 3. The molecule has 0 radical (unpaired) electrons. The molecule has 2 rings (SSSR count). The summed E-state index contributed by atoms with van der Waals surface area (Å²) in [5.74, 6) is -0.0991. The molecule has 110 valence electrons. The van der Waals surface area contributed by atoms with Crippen molar-refractivity contribution in [3.05, 3.63) is 53.7 Å². The van der Waals surface area contributed by atoms with Gasteiger partial charge in [0.15, 0.2) is 0 Å². The van der Waals surface area contributed by atoms with E-state index in [1.54, 1.807) is 30.3 Å². The van der Waals surface area contributed by atoms with E-state index in [-0.39, 0.29) is 28.9 Å². The number of carbonyl (C=O) groups is 1. The van der Waals surface area contributed by atoms with E-state index in [9.17, 15) is 13.2 Å². The molecule has 0 saturated heterocycles. The topological polar surface area (TPSA) is 128 Å². The summed E-state index contributed by atoms with van der Waals surface area (Å²) in [7, 11) is -3.71. The third-order valence-electron chi connectivity index (χ3n) is 2.71. The highest BCUT2D eigenvalue weighted by Gasteiger charge is 2.09. The third-order valence-corrected chi connectivity index (χ3v) is 3.64. The molecule has 0 fully saturated rings. The Kier molecular flexibility index (Phi) is 4.20. The average Bonchev–Trinajstić information content (AvgIpc) is 2.44. The zero-order valence-corrected chi connectivity index (χ0v) is 11.8. The number of rotatable bonds is 4. The average molecular weight is 306 g/mol. The fourth-order valence-corrected chi connectivity index (χ4v) is 2.16. The number of amides is 1. The Labute approximate surface area is 122 Å².